The highest BCUT2D eigenvalue weighted by Crippen LogP contribution is 2.31. The molecule has 0 radical (unpaired) electrons. The second-order valence-electron chi connectivity index (χ2n) is 8.32. The van der Waals surface area contributed by atoms with Gasteiger partial charge in [0.2, 0.25) is 5.91 Å². The van der Waals surface area contributed by atoms with Gasteiger partial charge in [0.05, 0.1) is 10.8 Å². The Labute approximate surface area is 214 Å². The van der Waals surface area contributed by atoms with Crippen LogP contribution in [0.1, 0.15) is 44.2 Å². The van der Waals surface area contributed by atoms with Crippen LogP contribution < -0.4 is 10.1 Å². The van der Waals surface area contributed by atoms with Gasteiger partial charge in [0, 0.05) is 11.4 Å². The average molecular weight is 507 g/mol. The van der Waals surface area contributed by atoms with Crippen molar-refractivity contribution in [2.24, 2.45) is 0 Å². The molecule has 4 rings (SSSR count). The van der Waals surface area contributed by atoms with Gasteiger partial charge in [-0.25, -0.2) is 0 Å². The van der Waals surface area contributed by atoms with Crippen LogP contribution in [0.15, 0.2) is 84.0 Å². The van der Waals surface area contributed by atoms with E-state index in [1.54, 1.807) is 6.07 Å². The molecule has 0 aliphatic rings. The lowest BCUT2D eigenvalue weighted by Crippen LogP contribution is -2.15. The van der Waals surface area contributed by atoms with Gasteiger partial charge in [0.25, 0.3) is 0 Å². The number of halogens is 1. The molecule has 0 saturated heterocycles. The third-order valence-electron chi connectivity index (χ3n) is 5.37. The van der Waals surface area contributed by atoms with Crippen molar-refractivity contribution in [1.82, 2.24) is 14.8 Å². The van der Waals surface area contributed by atoms with Crippen LogP contribution in [0.5, 0.6) is 5.75 Å². The summed E-state index contributed by atoms with van der Waals surface area (Å²) in [6.45, 7) is 6.18. The lowest BCUT2D eigenvalue weighted by atomic mass is 10.0. The zero-order valence-electron chi connectivity index (χ0n) is 19.8. The molecule has 0 aliphatic heterocycles. The highest BCUT2D eigenvalue weighted by Gasteiger charge is 2.22. The number of hydrogen-bond acceptors (Lipinski definition) is 5. The highest BCUT2D eigenvalue weighted by atomic mass is 35.5. The summed E-state index contributed by atoms with van der Waals surface area (Å²) < 4.78 is 8.01. The van der Waals surface area contributed by atoms with Crippen molar-refractivity contribution in [1.29, 1.82) is 0 Å². The summed E-state index contributed by atoms with van der Waals surface area (Å²) in [4.78, 5) is 12.6. The summed E-state index contributed by atoms with van der Waals surface area (Å²) in [5, 5.41) is 12.8. The van der Waals surface area contributed by atoms with Crippen molar-refractivity contribution >= 4 is 35.0 Å². The predicted octanol–water partition coefficient (Wildman–Crippen LogP) is 6.91. The zero-order valence-corrected chi connectivity index (χ0v) is 21.4. The Morgan fingerprint density at radius 3 is 2.34 bits per heavy atom. The smallest absolute Gasteiger partial charge is 0.234 e. The second kappa shape index (κ2) is 11.4. The number of ether oxygens (including phenoxy) is 1. The first-order chi connectivity index (χ1) is 16.9. The molecule has 0 aliphatic carbocycles. The maximum Gasteiger partial charge on any atom is 0.234 e. The molecule has 1 amide bonds. The van der Waals surface area contributed by atoms with Crippen molar-refractivity contribution in [2.75, 3.05) is 11.1 Å². The van der Waals surface area contributed by atoms with Gasteiger partial charge >= 0.3 is 0 Å². The lowest BCUT2D eigenvalue weighted by Gasteiger charge is -2.17. The zero-order chi connectivity index (χ0) is 24.8. The first kappa shape index (κ1) is 24.8. The molecule has 180 valence electrons. The second-order valence-corrected chi connectivity index (χ2v) is 9.67. The van der Waals surface area contributed by atoms with Gasteiger partial charge in [-0.05, 0) is 54.8 Å². The highest BCUT2D eigenvalue weighted by molar-refractivity contribution is 7.99. The quantitative estimate of drug-likeness (QED) is 0.250. The third kappa shape index (κ3) is 6.24. The van der Waals surface area contributed by atoms with Crippen LogP contribution in [0.4, 0.5) is 5.69 Å². The summed E-state index contributed by atoms with van der Waals surface area (Å²) in [7, 11) is 0. The predicted molar refractivity (Wildman–Crippen MR) is 142 cm³/mol. The molecule has 0 spiro atoms. The van der Waals surface area contributed by atoms with Crippen LogP contribution in [-0.4, -0.2) is 26.4 Å². The maximum atomic E-state index is 12.6. The van der Waals surface area contributed by atoms with Crippen LogP contribution in [-0.2, 0) is 4.79 Å². The lowest BCUT2D eigenvalue weighted by molar-refractivity contribution is -0.113. The minimum Gasteiger partial charge on any atom is -0.481 e. The number of anilines is 1. The summed E-state index contributed by atoms with van der Waals surface area (Å²) in [6.07, 6.45) is -0.426. The third-order valence-corrected chi connectivity index (χ3v) is 6.61. The Hall–Kier alpha value is -3.29. The number of hydrogen-bond donors (Lipinski definition) is 1. The minimum absolute atomic E-state index is 0.114. The number of para-hydroxylation sites is 2. The van der Waals surface area contributed by atoms with E-state index in [1.807, 2.05) is 84.3 Å². The van der Waals surface area contributed by atoms with E-state index in [1.165, 1.54) is 17.3 Å². The van der Waals surface area contributed by atoms with Crippen LogP contribution in [0.2, 0.25) is 5.02 Å². The van der Waals surface area contributed by atoms with Gasteiger partial charge < -0.3 is 10.1 Å². The standard InChI is InChI=1S/C27H27ClN4O2S/c1-18(2)20-13-15-21(16-14-20)29-25(33)17-35-27-31-30-26(32(27)22-9-5-4-6-10-22)19(3)34-24-12-8-7-11-23(24)28/h4-16,18-19H,17H2,1-3H3,(H,29,33). The number of benzene rings is 3. The van der Waals surface area contributed by atoms with Gasteiger partial charge in [0.15, 0.2) is 17.1 Å². The number of carbonyl (C=O) groups excluding carboxylic acids is 1. The Morgan fingerprint density at radius 2 is 1.66 bits per heavy atom. The molecule has 1 aromatic heterocycles. The Morgan fingerprint density at radius 1 is 0.971 bits per heavy atom. The number of aromatic nitrogens is 3. The summed E-state index contributed by atoms with van der Waals surface area (Å²) in [5.74, 6) is 1.70. The fourth-order valence-electron chi connectivity index (χ4n) is 3.52. The van der Waals surface area contributed by atoms with E-state index >= 15 is 0 Å². The maximum absolute atomic E-state index is 12.6. The summed E-state index contributed by atoms with van der Waals surface area (Å²) >= 11 is 7.60. The monoisotopic (exact) mass is 506 g/mol. The van der Waals surface area contributed by atoms with Crippen LogP contribution in [0.3, 0.4) is 0 Å². The molecular weight excluding hydrogens is 480 g/mol. The SMILES string of the molecule is CC(C)c1ccc(NC(=O)CSc2nnc(C(C)Oc3ccccc3Cl)n2-c2ccccc2)cc1. The molecule has 8 heteroatoms. The number of rotatable bonds is 9. The van der Waals surface area contributed by atoms with E-state index in [4.69, 9.17) is 16.3 Å². The first-order valence-electron chi connectivity index (χ1n) is 11.4. The topological polar surface area (TPSA) is 69.0 Å². The van der Waals surface area contributed by atoms with Crippen molar-refractivity contribution in [3.8, 4) is 11.4 Å². The largest absolute Gasteiger partial charge is 0.481 e. The molecule has 1 heterocycles. The molecule has 0 fully saturated rings. The first-order valence-corrected chi connectivity index (χ1v) is 12.7. The van der Waals surface area contributed by atoms with Gasteiger partial charge in [0.1, 0.15) is 5.75 Å². The molecule has 1 atom stereocenters. The van der Waals surface area contributed by atoms with Crippen molar-refractivity contribution < 1.29 is 9.53 Å². The van der Waals surface area contributed by atoms with E-state index in [-0.39, 0.29) is 11.7 Å². The van der Waals surface area contributed by atoms with Crippen molar-refractivity contribution in [3.63, 3.8) is 0 Å². The number of nitrogens with zero attached hydrogens (tertiary/aromatic N) is 3. The normalized spacial score (nSPS) is 11.9. The van der Waals surface area contributed by atoms with E-state index in [0.717, 1.165) is 11.4 Å². The summed E-state index contributed by atoms with van der Waals surface area (Å²) in [6, 6.07) is 25.0. The Balaban J connectivity index is 1.51. The molecule has 0 bridgehead atoms. The van der Waals surface area contributed by atoms with Crippen LogP contribution in [0, 0.1) is 0 Å². The molecule has 1 unspecified atom stereocenters. The van der Waals surface area contributed by atoms with Gasteiger partial charge in [-0.3, -0.25) is 9.36 Å². The van der Waals surface area contributed by atoms with Gasteiger partial charge in [-0.1, -0.05) is 79.7 Å². The summed E-state index contributed by atoms with van der Waals surface area (Å²) in [5.41, 5.74) is 2.88. The van der Waals surface area contributed by atoms with E-state index in [9.17, 15) is 4.79 Å². The van der Waals surface area contributed by atoms with Gasteiger partial charge in [-0.15, -0.1) is 10.2 Å². The van der Waals surface area contributed by atoms with Crippen LogP contribution >= 0.6 is 23.4 Å². The van der Waals surface area contributed by atoms with E-state index in [2.05, 4.69) is 29.4 Å². The molecule has 3 aromatic carbocycles. The molecule has 6 nitrogen and oxygen atoms in total. The molecule has 4 aromatic rings. The van der Waals surface area contributed by atoms with Gasteiger partial charge in [-0.2, -0.15) is 0 Å². The fraction of sp³-hybridized carbons (Fsp3) is 0.222. The number of carbonyl (C=O) groups is 1. The van der Waals surface area contributed by atoms with E-state index in [0.29, 0.717) is 27.7 Å². The van der Waals surface area contributed by atoms with Crippen LogP contribution in [0.25, 0.3) is 5.69 Å². The molecule has 1 N–H and O–H groups in total. The number of amides is 1. The minimum atomic E-state index is -0.426. The molecule has 35 heavy (non-hydrogen) atoms. The molecular formula is C27H27ClN4O2S. The number of thioether (sulfide) groups is 1. The molecule has 0 saturated carbocycles. The average Bonchev–Trinajstić information content (AvgIpc) is 3.29. The Bertz CT molecular complexity index is 1280. The van der Waals surface area contributed by atoms with E-state index < -0.39 is 6.10 Å². The van der Waals surface area contributed by atoms with Crippen molar-refractivity contribution in [3.05, 3.63) is 95.3 Å². The number of nitrogens with one attached hydrogen (secondary N) is 1. The fourth-order valence-corrected chi connectivity index (χ4v) is 4.46. The Kier molecular flexibility index (Phi) is 8.10. The van der Waals surface area contributed by atoms with Crippen molar-refractivity contribution in [2.45, 2.75) is 37.9 Å².